The Morgan fingerprint density at radius 1 is 0.825 bits per heavy atom. The van der Waals surface area contributed by atoms with E-state index >= 15 is 0 Å². The molecule has 0 saturated heterocycles. The van der Waals surface area contributed by atoms with Crippen molar-refractivity contribution in [3.63, 3.8) is 0 Å². The topological polar surface area (TPSA) is 81.7 Å². The van der Waals surface area contributed by atoms with Crippen molar-refractivity contribution in [2.24, 2.45) is 0 Å². The highest BCUT2D eigenvalue weighted by Crippen LogP contribution is 2.33. The Morgan fingerprint density at radius 3 is 2.30 bits per heavy atom. The molecule has 0 saturated carbocycles. The lowest BCUT2D eigenvalue weighted by molar-refractivity contribution is -0.671. The number of para-hydroxylation sites is 2. The molecule has 0 bridgehead atoms. The van der Waals surface area contributed by atoms with Crippen molar-refractivity contribution in [2.75, 3.05) is 11.4 Å². The highest BCUT2D eigenvalue weighted by molar-refractivity contribution is 5.89. The van der Waals surface area contributed by atoms with Gasteiger partial charge in [-0.25, -0.2) is 0 Å². The minimum atomic E-state index is -0.728. The molecular weight excluding hydrogens is 568 g/mol. The summed E-state index contributed by atoms with van der Waals surface area (Å²) in [6.07, 6.45) is 18.4. The molecule has 0 unspecified atom stereocenters. The van der Waals surface area contributed by atoms with E-state index in [0.717, 1.165) is 49.9 Å². The molecule has 0 amide bonds. The molecule has 0 atom stereocenters. The van der Waals surface area contributed by atoms with Crippen LogP contribution in [-0.4, -0.2) is 28.7 Å². The fraction of sp³-hybridized carbons (Fsp3) is 0.303. The number of anilines is 1. The number of nitrogens with zero attached hydrogens (tertiary/aromatic N) is 2. The summed E-state index contributed by atoms with van der Waals surface area (Å²) in [5, 5.41) is 18.9. The maximum Gasteiger partial charge on any atom is 0.303 e. The van der Waals surface area contributed by atoms with Gasteiger partial charge in [-0.05, 0) is 55.0 Å². The van der Waals surface area contributed by atoms with Crippen molar-refractivity contribution < 1.29 is 41.4 Å². The molecule has 0 radical (unpaired) electrons. The fourth-order valence-corrected chi connectivity index (χ4v) is 5.02. The van der Waals surface area contributed by atoms with Crippen LogP contribution in [0, 0.1) is 0 Å². The number of carbonyl (C=O) groups is 2. The highest BCUT2D eigenvalue weighted by atomic mass is 79.9. The third kappa shape index (κ3) is 8.65. The van der Waals surface area contributed by atoms with Crippen LogP contribution in [-0.2, 0) is 16.1 Å². The molecule has 1 aromatic heterocycles. The van der Waals surface area contributed by atoms with Crippen molar-refractivity contribution in [2.45, 2.75) is 57.9 Å². The number of carboxylic acid groups (broad SMARTS) is 2. The average molecular weight is 606 g/mol. The van der Waals surface area contributed by atoms with Crippen LogP contribution < -0.4 is 26.4 Å². The van der Waals surface area contributed by atoms with Gasteiger partial charge in [-0.1, -0.05) is 55.0 Å². The second kappa shape index (κ2) is 15.8. The van der Waals surface area contributed by atoms with E-state index in [1.54, 1.807) is 0 Å². The minimum Gasteiger partial charge on any atom is -1.00 e. The van der Waals surface area contributed by atoms with E-state index in [1.807, 2.05) is 0 Å². The Hall–Kier alpha value is -3.71. The van der Waals surface area contributed by atoms with E-state index in [9.17, 15) is 9.59 Å². The maximum atomic E-state index is 10.7. The standard InChI is InChI=1S/C33H36N2O4.BrH/c36-32(37)18-3-1-9-22-34-24-20-26(28-14-5-7-16-30(28)34)12-11-13-27-21-25-35(23-10-2-4-19-33(38)39)31-17-8-6-15-29(27)31;/h5-8,11-17,20-21,24-25H,1-4,9-10,18-19,22-23H2,(H-,36,37,38,39);1H. The predicted molar refractivity (Wildman–Crippen MR) is 156 cm³/mol. The number of halogens is 1. The summed E-state index contributed by atoms with van der Waals surface area (Å²) in [6.45, 7) is 1.73. The van der Waals surface area contributed by atoms with Crippen molar-refractivity contribution in [3.05, 3.63) is 96.3 Å². The molecule has 4 rings (SSSR count). The number of carboxylic acids is 2. The summed E-state index contributed by atoms with van der Waals surface area (Å²) >= 11 is 0. The van der Waals surface area contributed by atoms with Crippen LogP contribution in [0.5, 0.6) is 0 Å². The van der Waals surface area contributed by atoms with Crippen LogP contribution in [0.3, 0.4) is 0 Å². The van der Waals surface area contributed by atoms with Gasteiger partial charge in [-0.3, -0.25) is 9.59 Å². The number of hydrogen-bond donors (Lipinski definition) is 2. The number of aromatic nitrogens is 1. The molecule has 1 aliphatic rings. The lowest BCUT2D eigenvalue weighted by Crippen LogP contribution is -3.00. The van der Waals surface area contributed by atoms with Gasteiger partial charge < -0.3 is 32.1 Å². The quantitative estimate of drug-likeness (QED) is 0.216. The molecule has 6 nitrogen and oxygen atoms in total. The Labute approximate surface area is 246 Å². The first kappa shape index (κ1) is 30.8. The number of aryl methyl sites for hydroxylation is 1. The third-order valence-electron chi connectivity index (χ3n) is 7.05. The molecular formula is C33H37BrN2O4. The van der Waals surface area contributed by atoms with Crippen molar-refractivity contribution in [3.8, 4) is 0 Å². The molecule has 210 valence electrons. The number of aliphatic carboxylic acids is 2. The van der Waals surface area contributed by atoms with Gasteiger partial charge in [-0.15, -0.1) is 0 Å². The van der Waals surface area contributed by atoms with E-state index in [1.165, 1.54) is 22.2 Å². The monoisotopic (exact) mass is 604 g/mol. The first-order valence-corrected chi connectivity index (χ1v) is 13.8. The predicted octanol–water partition coefficient (Wildman–Crippen LogP) is 3.85. The molecule has 7 heteroatoms. The smallest absolute Gasteiger partial charge is 0.303 e. The summed E-state index contributed by atoms with van der Waals surface area (Å²) in [7, 11) is 0. The molecule has 1 aliphatic heterocycles. The molecule has 2 heterocycles. The molecule has 2 N–H and O–H groups in total. The Bertz CT molecular complexity index is 1400. The van der Waals surface area contributed by atoms with Gasteiger partial charge in [0, 0.05) is 55.4 Å². The van der Waals surface area contributed by atoms with Crippen LogP contribution in [0.2, 0.25) is 0 Å². The number of rotatable bonds is 14. The number of fused-ring (bicyclic) bond motifs is 2. The summed E-state index contributed by atoms with van der Waals surface area (Å²) in [4.78, 5) is 23.7. The van der Waals surface area contributed by atoms with Gasteiger partial charge in [0.15, 0.2) is 6.20 Å². The van der Waals surface area contributed by atoms with Crippen LogP contribution in [0.25, 0.3) is 22.6 Å². The lowest BCUT2D eigenvalue weighted by atomic mass is 9.99. The van der Waals surface area contributed by atoms with E-state index < -0.39 is 11.9 Å². The van der Waals surface area contributed by atoms with Gasteiger partial charge in [0.25, 0.3) is 0 Å². The van der Waals surface area contributed by atoms with Gasteiger partial charge in [0.05, 0.1) is 5.39 Å². The average Bonchev–Trinajstić information content (AvgIpc) is 2.94. The number of unbranched alkanes of at least 4 members (excludes halogenated alkanes) is 4. The maximum absolute atomic E-state index is 10.7. The summed E-state index contributed by atoms with van der Waals surface area (Å²) < 4.78 is 2.25. The molecule has 0 spiro atoms. The van der Waals surface area contributed by atoms with Crippen LogP contribution in [0.15, 0.2) is 85.2 Å². The van der Waals surface area contributed by atoms with Crippen molar-refractivity contribution >= 4 is 40.2 Å². The number of pyridine rings is 1. The van der Waals surface area contributed by atoms with E-state index in [4.69, 9.17) is 10.2 Å². The van der Waals surface area contributed by atoms with Crippen molar-refractivity contribution in [1.29, 1.82) is 0 Å². The van der Waals surface area contributed by atoms with E-state index in [0.29, 0.717) is 12.8 Å². The van der Waals surface area contributed by atoms with Gasteiger partial charge in [0.1, 0.15) is 6.54 Å². The first-order chi connectivity index (χ1) is 19.0. The van der Waals surface area contributed by atoms with Gasteiger partial charge >= 0.3 is 11.9 Å². The van der Waals surface area contributed by atoms with Gasteiger partial charge in [-0.2, -0.15) is 4.57 Å². The molecule has 40 heavy (non-hydrogen) atoms. The van der Waals surface area contributed by atoms with Crippen LogP contribution >= 0.6 is 0 Å². The lowest BCUT2D eigenvalue weighted by Gasteiger charge is -2.27. The Balaban J connectivity index is 0.00000441. The molecule has 0 fully saturated rings. The Kier molecular flexibility index (Phi) is 12.2. The van der Waals surface area contributed by atoms with Crippen LogP contribution in [0.1, 0.15) is 62.5 Å². The minimum absolute atomic E-state index is 0. The summed E-state index contributed by atoms with van der Waals surface area (Å²) in [6, 6.07) is 18.9. The zero-order valence-electron chi connectivity index (χ0n) is 22.7. The number of hydrogen-bond acceptors (Lipinski definition) is 3. The normalized spacial score (nSPS) is 13.5. The summed E-state index contributed by atoms with van der Waals surface area (Å²) in [5.41, 5.74) is 5.84. The fourth-order valence-electron chi connectivity index (χ4n) is 5.02. The third-order valence-corrected chi connectivity index (χ3v) is 7.05. The zero-order valence-corrected chi connectivity index (χ0v) is 24.3. The highest BCUT2D eigenvalue weighted by Gasteiger charge is 2.15. The molecule has 2 aromatic carbocycles. The second-order valence-electron chi connectivity index (χ2n) is 9.90. The number of allylic oxidation sites excluding steroid dienone is 4. The second-order valence-corrected chi connectivity index (χ2v) is 9.90. The largest absolute Gasteiger partial charge is 1.00 e. The van der Waals surface area contributed by atoms with Crippen molar-refractivity contribution in [1.82, 2.24) is 0 Å². The molecule has 3 aromatic rings. The van der Waals surface area contributed by atoms with E-state index in [-0.39, 0.29) is 29.8 Å². The van der Waals surface area contributed by atoms with E-state index in [2.05, 4.69) is 101 Å². The molecule has 0 aliphatic carbocycles. The Morgan fingerprint density at radius 2 is 1.52 bits per heavy atom. The SMILES string of the molecule is O=C(O)CCCCCN1C=CC(=CC=Cc2cc[n+](CCCCCC(=O)O)c3ccccc23)c2ccccc21.[Br-]. The van der Waals surface area contributed by atoms with Crippen LogP contribution in [0.4, 0.5) is 5.69 Å². The number of benzene rings is 2. The summed E-state index contributed by atoms with van der Waals surface area (Å²) in [5.74, 6) is -1.46. The first-order valence-electron chi connectivity index (χ1n) is 13.8. The van der Waals surface area contributed by atoms with Gasteiger partial charge in [0.2, 0.25) is 5.52 Å². The zero-order chi connectivity index (χ0) is 27.5.